The standard InChI is InChI=1S/C66H42N6O/c1-2-18-44(19-3-1)49-22-4-9-28-56(49)69-43-68(61-33-14-15-34-62(61)69)45-20-16-21-47(40-45)73-48-37-38-54-52-25-7-13-32-60(52)72(64(54)41-48)65-39-36-46(42-67-65)70-57-29-10-8-26-53(57)55-27-17-35-63(66(55)70)71-58-30-11-5-23-50(58)51-24-6-12-31-59(51)71/h1-42H. The molecule has 0 atom stereocenters. The fraction of sp³-hybridized carbons (Fsp3) is 0. The van der Waals surface area contributed by atoms with E-state index in [0.29, 0.717) is 0 Å². The van der Waals surface area contributed by atoms with Crippen LogP contribution in [0, 0.1) is 6.33 Å². The summed E-state index contributed by atoms with van der Waals surface area (Å²) < 4.78 is 18.1. The third kappa shape index (κ3) is 6.39. The zero-order valence-electron chi connectivity index (χ0n) is 39.3. The van der Waals surface area contributed by atoms with Crippen molar-refractivity contribution in [2.24, 2.45) is 0 Å². The highest BCUT2D eigenvalue weighted by Crippen LogP contribution is 2.41. The van der Waals surface area contributed by atoms with Gasteiger partial charge in [-0.25, -0.2) is 4.98 Å². The fourth-order valence-electron chi connectivity index (χ4n) is 11.3. The molecule has 15 aromatic rings. The van der Waals surface area contributed by atoms with E-state index in [9.17, 15) is 0 Å². The van der Waals surface area contributed by atoms with Gasteiger partial charge in [0.05, 0.1) is 73.1 Å². The molecule has 0 saturated heterocycles. The second-order valence-corrected chi connectivity index (χ2v) is 18.5. The number of fused-ring (bicyclic) bond motifs is 10. The van der Waals surface area contributed by atoms with Gasteiger partial charge < -0.3 is 13.9 Å². The van der Waals surface area contributed by atoms with Crippen LogP contribution in [-0.2, 0) is 0 Å². The highest BCUT2D eigenvalue weighted by atomic mass is 16.5. The molecule has 73 heavy (non-hydrogen) atoms. The summed E-state index contributed by atoms with van der Waals surface area (Å²) in [5, 5.41) is 7.11. The maximum atomic E-state index is 6.79. The molecule has 0 aliphatic heterocycles. The van der Waals surface area contributed by atoms with E-state index in [4.69, 9.17) is 9.72 Å². The smallest absolute Gasteiger partial charge is 0.269 e. The maximum absolute atomic E-state index is 6.79. The molecule has 342 valence electrons. The van der Waals surface area contributed by atoms with Crippen molar-refractivity contribution < 1.29 is 9.30 Å². The topological polar surface area (TPSA) is 45.7 Å². The van der Waals surface area contributed by atoms with Crippen molar-refractivity contribution in [1.29, 1.82) is 0 Å². The Morgan fingerprint density at radius 1 is 0.384 bits per heavy atom. The maximum Gasteiger partial charge on any atom is 0.269 e. The van der Waals surface area contributed by atoms with Crippen LogP contribution in [0.5, 0.6) is 11.5 Å². The van der Waals surface area contributed by atoms with Gasteiger partial charge in [0.25, 0.3) is 6.33 Å². The number of benzene rings is 10. The summed E-state index contributed by atoms with van der Waals surface area (Å²) in [6, 6.07) is 87.7. The minimum atomic E-state index is 0.718. The Hall–Kier alpha value is -9.98. The predicted molar refractivity (Wildman–Crippen MR) is 296 cm³/mol. The Balaban J connectivity index is 0.823. The molecule has 0 radical (unpaired) electrons. The van der Waals surface area contributed by atoms with Crippen LogP contribution < -0.4 is 9.30 Å². The lowest BCUT2D eigenvalue weighted by molar-refractivity contribution is -0.571. The van der Waals surface area contributed by atoms with E-state index in [1.165, 1.54) is 32.6 Å². The summed E-state index contributed by atoms with van der Waals surface area (Å²) in [6.45, 7) is 0. The van der Waals surface area contributed by atoms with Crippen molar-refractivity contribution in [3.05, 3.63) is 261 Å². The third-order valence-corrected chi connectivity index (χ3v) is 14.5. The summed E-state index contributed by atoms with van der Waals surface area (Å²) in [7, 11) is 0. The molecule has 7 nitrogen and oxygen atoms in total. The van der Waals surface area contributed by atoms with Crippen LogP contribution in [0.4, 0.5) is 0 Å². The zero-order valence-corrected chi connectivity index (χ0v) is 39.3. The number of imidazole rings is 1. The number of ether oxygens (including phenoxy) is 1. The van der Waals surface area contributed by atoms with Crippen LogP contribution >= 0.6 is 0 Å². The van der Waals surface area contributed by atoms with E-state index in [2.05, 4.69) is 266 Å². The van der Waals surface area contributed by atoms with Crippen molar-refractivity contribution in [2.75, 3.05) is 0 Å². The number of nitrogens with zero attached hydrogens (tertiary/aromatic N) is 6. The number of pyridine rings is 1. The number of para-hydroxylation sites is 8. The number of hydrogen-bond acceptors (Lipinski definition) is 2. The third-order valence-electron chi connectivity index (χ3n) is 14.5. The van der Waals surface area contributed by atoms with Gasteiger partial charge in [-0.05, 0) is 90.0 Å². The van der Waals surface area contributed by atoms with Crippen LogP contribution in [0.2, 0.25) is 0 Å². The van der Waals surface area contributed by atoms with E-state index in [-0.39, 0.29) is 0 Å². The van der Waals surface area contributed by atoms with Crippen LogP contribution in [-0.4, -0.2) is 23.3 Å². The predicted octanol–water partition coefficient (Wildman–Crippen LogP) is 15.9. The Morgan fingerprint density at radius 3 is 1.68 bits per heavy atom. The first-order valence-corrected chi connectivity index (χ1v) is 24.6. The molecule has 0 unspecified atom stereocenters. The molecule has 5 aromatic heterocycles. The van der Waals surface area contributed by atoms with Gasteiger partial charge in [0.2, 0.25) is 0 Å². The Morgan fingerprint density at radius 2 is 0.959 bits per heavy atom. The van der Waals surface area contributed by atoms with Gasteiger partial charge in [-0.2, -0.15) is 0 Å². The van der Waals surface area contributed by atoms with Gasteiger partial charge in [0.15, 0.2) is 0 Å². The molecule has 15 rings (SSSR count). The molecule has 0 aliphatic carbocycles. The molecule has 5 heterocycles. The normalized spacial score (nSPS) is 11.8. The molecule has 0 bridgehead atoms. The number of hydrogen-bond donors (Lipinski definition) is 0. The van der Waals surface area contributed by atoms with Gasteiger partial charge in [0, 0.05) is 38.4 Å². The minimum absolute atomic E-state index is 0.718. The summed E-state index contributed by atoms with van der Waals surface area (Å²) in [4.78, 5) is 5.30. The first-order chi connectivity index (χ1) is 36.2. The minimum Gasteiger partial charge on any atom is -0.458 e. The van der Waals surface area contributed by atoms with E-state index in [1.54, 1.807) is 0 Å². The first kappa shape index (κ1) is 40.9. The fourth-order valence-corrected chi connectivity index (χ4v) is 11.3. The van der Waals surface area contributed by atoms with Gasteiger partial charge in [0.1, 0.15) is 17.3 Å². The van der Waals surface area contributed by atoms with Crippen LogP contribution in [0.15, 0.2) is 255 Å². The van der Waals surface area contributed by atoms with E-state index in [1.807, 2.05) is 18.3 Å². The van der Waals surface area contributed by atoms with Gasteiger partial charge >= 0.3 is 0 Å². The zero-order chi connectivity index (χ0) is 48.0. The lowest BCUT2D eigenvalue weighted by Gasteiger charge is -2.15. The summed E-state index contributed by atoms with van der Waals surface area (Å²) in [5.74, 6) is 2.26. The van der Waals surface area contributed by atoms with E-state index < -0.39 is 0 Å². The molecule has 0 saturated carbocycles. The Labute approximate surface area is 419 Å². The Kier molecular flexibility index (Phi) is 9.13. The summed E-state index contributed by atoms with van der Waals surface area (Å²) in [5.41, 5.74) is 15.1. The van der Waals surface area contributed by atoms with Crippen molar-refractivity contribution >= 4 is 76.5 Å². The van der Waals surface area contributed by atoms with Crippen molar-refractivity contribution in [3.63, 3.8) is 0 Å². The van der Waals surface area contributed by atoms with Gasteiger partial charge in [-0.15, -0.1) is 0 Å². The number of rotatable bonds is 8. The number of aromatic nitrogens is 6. The second kappa shape index (κ2) is 16.3. The molecular weight excluding hydrogens is 893 g/mol. The van der Waals surface area contributed by atoms with Gasteiger partial charge in [-0.3, -0.25) is 13.7 Å². The quantitative estimate of drug-likeness (QED) is 0.113. The molecule has 0 spiro atoms. The van der Waals surface area contributed by atoms with Crippen molar-refractivity contribution in [2.45, 2.75) is 0 Å². The van der Waals surface area contributed by atoms with Crippen LogP contribution in [0.1, 0.15) is 0 Å². The lowest BCUT2D eigenvalue weighted by Crippen LogP contribution is -2.30. The summed E-state index contributed by atoms with van der Waals surface area (Å²) in [6.07, 6.45) is 5.72. The van der Waals surface area contributed by atoms with E-state index >= 15 is 0 Å². The first-order valence-electron chi connectivity index (χ1n) is 24.6. The molecular formula is C66H42N6O. The molecule has 7 heteroatoms. The van der Waals surface area contributed by atoms with Crippen LogP contribution in [0.25, 0.3) is 116 Å². The lowest BCUT2D eigenvalue weighted by atomic mass is 10.0. The van der Waals surface area contributed by atoms with Gasteiger partial charge in [-0.1, -0.05) is 164 Å². The van der Waals surface area contributed by atoms with E-state index in [0.717, 1.165) is 95.1 Å². The Bertz CT molecular complexity index is 4600. The molecule has 0 fully saturated rings. The monoisotopic (exact) mass is 934 g/mol. The van der Waals surface area contributed by atoms with Crippen LogP contribution in [0.3, 0.4) is 0 Å². The molecule has 0 aliphatic rings. The highest BCUT2D eigenvalue weighted by molar-refractivity contribution is 6.15. The second-order valence-electron chi connectivity index (χ2n) is 18.5. The van der Waals surface area contributed by atoms with Crippen molar-refractivity contribution in [3.8, 4) is 51.2 Å². The average Bonchev–Trinajstić information content (AvgIpc) is 4.21. The molecule has 10 aromatic carbocycles. The SMILES string of the molecule is [c-]1n(-c2cccc(Oc3ccc4c5ccccc5n(-c5ccc(-n6c7ccccc7c7cccc(-n8c9ccccc9c9ccccc98)c76)cn5)c4c3)c2)c2ccccc2[n+]1-c1ccccc1-c1ccccc1. The largest absolute Gasteiger partial charge is 0.458 e. The average molecular weight is 935 g/mol. The highest BCUT2D eigenvalue weighted by Gasteiger charge is 2.22. The molecule has 0 N–H and O–H groups in total. The summed E-state index contributed by atoms with van der Waals surface area (Å²) >= 11 is 0. The molecule has 0 amide bonds. The van der Waals surface area contributed by atoms with Crippen molar-refractivity contribution in [1.82, 2.24) is 23.3 Å².